The molecule has 0 aliphatic rings. The quantitative estimate of drug-likeness (QED) is 0.526. The minimum atomic E-state index is 0.0891. The van der Waals surface area contributed by atoms with Crippen LogP contribution in [0.3, 0.4) is 0 Å². The number of aliphatic hydroxyl groups is 1. The number of nitrogens with zero attached hydrogens (tertiary/aromatic N) is 1. The Bertz CT molecular complexity index is 314. The third-order valence-electron chi connectivity index (χ3n) is 1.20. The first-order valence-corrected chi connectivity index (χ1v) is 3.92. The Kier molecular flexibility index (Phi) is 3.59. The number of hydrogen-bond donors (Lipinski definition) is 1. The van der Waals surface area contributed by atoms with E-state index in [1.54, 1.807) is 18.3 Å². The van der Waals surface area contributed by atoms with Gasteiger partial charge in [0.25, 0.3) is 0 Å². The molecule has 62 valence electrons. The van der Waals surface area contributed by atoms with Gasteiger partial charge in [-0.05, 0) is 12.1 Å². The highest BCUT2D eigenvalue weighted by Crippen LogP contribution is 2.05. The van der Waals surface area contributed by atoms with Crippen LogP contribution in [0.1, 0.15) is 12.0 Å². The van der Waals surface area contributed by atoms with E-state index in [0.717, 1.165) is 5.56 Å². The van der Waals surface area contributed by atoms with Crippen molar-refractivity contribution in [3.8, 4) is 11.8 Å². The van der Waals surface area contributed by atoms with Crippen molar-refractivity contribution in [1.29, 1.82) is 0 Å². The maximum absolute atomic E-state index is 8.46. The Morgan fingerprint density at radius 2 is 2.42 bits per heavy atom. The summed E-state index contributed by atoms with van der Waals surface area (Å²) >= 11 is 5.63. The van der Waals surface area contributed by atoms with Crippen molar-refractivity contribution in [1.82, 2.24) is 4.98 Å². The van der Waals surface area contributed by atoms with E-state index in [1.165, 1.54) is 0 Å². The van der Waals surface area contributed by atoms with Crippen molar-refractivity contribution in [2.45, 2.75) is 6.42 Å². The van der Waals surface area contributed by atoms with Gasteiger partial charge in [-0.15, -0.1) is 0 Å². The fourth-order valence-electron chi connectivity index (χ4n) is 0.701. The highest BCUT2D eigenvalue weighted by Gasteiger charge is 1.88. The van der Waals surface area contributed by atoms with Crippen LogP contribution < -0.4 is 0 Å². The molecule has 0 spiro atoms. The minimum absolute atomic E-state index is 0.0891. The summed E-state index contributed by atoms with van der Waals surface area (Å²) < 4.78 is 0. The highest BCUT2D eigenvalue weighted by atomic mass is 35.5. The molecule has 0 radical (unpaired) electrons. The van der Waals surface area contributed by atoms with E-state index in [0.29, 0.717) is 11.6 Å². The van der Waals surface area contributed by atoms with Crippen molar-refractivity contribution in [2.75, 3.05) is 6.61 Å². The first-order valence-electron chi connectivity index (χ1n) is 3.54. The monoisotopic (exact) mass is 181 g/mol. The van der Waals surface area contributed by atoms with E-state index < -0.39 is 0 Å². The largest absolute Gasteiger partial charge is 0.395 e. The van der Waals surface area contributed by atoms with Gasteiger partial charge in [-0.2, -0.15) is 0 Å². The smallest absolute Gasteiger partial charge is 0.130 e. The number of aromatic nitrogens is 1. The third-order valence-corrected chi connectivity index (χ3v) is 1.40. The summed E-state index contributed by atoms with van der Waals surface area (Å²) in [7, 11) is 0. The van der Waals surface area contributed by atoms with E-state index in [9.17, 15) is 0 Å². The maximum Gasteiger partial charge on any atom is 0.130 e. The van der Waals surface area contributed by atoms with Gasteiger partial charge >= 0.3 is 0 Å². The molecule has 0 unspecified atom stereocenters. The lowest BCUT2D eigenvalue weighted by molar-refractivity contribution is 0.305. The summed E-state index contributed by atoms with van der Waals surface area (Å²) in [6.07, 6.45) is 2.09. The fourth-order valence-corrected chi connectivity index (χ4v) is 0.875. The van der Waals surface area contributed by atoms with E-state index in [2.05, 4.69) is 16.8 Å². The second kappa shape index (κ2) is 4.76. The van der Waals surface area contributed by atoms with Crippen molar-refractivity contribution in [3.05, 3.63) is 29.0 Å². The van der Waals surface area contributed by atoms with Crippen LogP contribution in [0.25, 0.3) is 0 Å². The first-order chi connectivity index (χ1) is 5.83. The van der Waals surface area contributed by atoms with Gasteiger partial charge in [-0.3, -0.25) is 0 Å². The Labute approximate surface area is 76.2 Å². The predicted molar refractivity (Wildman–Crippen MR) is 47.8 cm³/mol. The average Bonchev–Trinajstić information content (AvgIpc) is 2.05. The topological polar surface area (TPSA) is 33.1 Å². The van der Waals surface area contributed by atoms with E-state index >= 15 is 0 Å². The molecule has 1 rings (SSSR count). The summed E-state index contributed by atoms with van der Waals surface area (Å²) in [4.78, 5) is 3.82. The van der Waals surface area contributed by atoms with Crippen molar-refractivity contribution >= 4 is 11.6 Å². The lowest BCUT2D eigenvalue weighted by Gasteiger charge is -1.89. The van der Waals surface area contributed by atoms with Gasteiger partial charge in [-0.1, -0.05) is 23.4 Å². The summed E-state index contributed by atoms with van der Waals surface area (Å²) in [6.45, 7) is 0.0891. The van der Waals surface area contributed by atoms with Crippen molar-refractivity contribution in [3.63, 3.8) is 0 Å². The molecule has 0 fully saturated rings. The molecule has 1 N–H and O–H groups in total. The van der Waals surface area contributed by atoms with E-state index in [4.69, 9.17) is 16.7 Å². The molecule has 0 amide bonds. The van der Waals surface area contributed by atoms with Crippen molar-refractivity contribution < 1.29 is 5.11 Å². The second-order valence-electron chi connectivity index (χ2n) is 2.14. The zero-order chi connectivity index (χ0) is 8.81. The Balaban J connectivity index is 2.71. The third kappa shape index (κ3) is 2.91. The minimum Gasteiger partial charge on any atom is -0.395 e. The van der Waals surface area contributed by atoms with Gasteiger partial charge < -0.3 is 5.11 Å². The van der Waals surface area contributed by atoms with Crippen LogP contribution >= 0.6 is 11.6 Å². The number of aliphatic hydroxyl groups excluding tert-OH is 1. The Morgan fingerprint density at radius 1 is 1.58 bits per heavy atom. The van der Waals surface area contributed by atoms with Gasteiger partial charge in [0.05, 0.1) is 6.61 Å². The van der Waals surface area contributed by atoms with E-state index in [1.807, 2.05) is 0 Å². The van der Waals surface area contributed by atoms with Crippen molar-refractivity contribution in [2.24, 2.45) is 0 Å². The Hall–Kier alpha value is -1.04. The normalized spacial score (nSPS) is 8.83. The molecule has 1 heterocycles. The number of halogens is 1. The van der Waals surface area contributed by atoms with Gasteiger partial charge in [0.1, 0.15) is 5.15 Å². The van der Waals surface area contributed by atoms with Crippen LogP contribution in [0, 0.1) is 11.8 Å². The Morgan fingerprint density at radius 3 is 3.08 bits per heavy atom. The second-order valence-corrected chi connectivity index (χ2v) is 2.53. The SMILES string of the molecule is OCCC#Cc1ccnc(Cl)c1. The molecule has 3 heteroatoms. The molecule has 1 aromatic rings. The highest BCUT2D eigenvalue weighted by molar-refractivity contribution is 6.29. The van der Waals surface area contributed by atoms with Gasteiger partial charge in [-0.25, -0.2) is 4.98 Å². The number of rotatable bonds is 1. The molecule has 0 saturated carbocycles. The summed E-state index contributed by atoms with van der Waals surface area (Å²) in [5.41, 5.74) is 0.823. The molecule has 0 atom stereocenters. The summed E-state index contributed by atoms with van der Waals surface area (Å²) in [5.74, 6) is 5.64. The lowest BCUT2D eigenvalue weighted by atomic mass is 10.2. The average molecular weight is 182 g/mol. The zero-order valence-electron chi connectivity index (χ0n) is 6.42. The number of pyridine rings is 1. The van der Waals surface area contributed by atoms with Gasteiger partial charge in [0.15, 0.2) is 0 Å². The van der Waals surface area contributed by atoms with E-state index in [-0.39, 0.29) is 6.61 Å². The summed E-state index contributed by atoms with van der Waals surface area (Å²) in [5, 5.41) is 8.89. The van der Waals surface area contributed by atoms with Crippen LogP contribution in [-0.2, 0) is 0 Å². The van der Waals surface area contributed by atoms with Crippen LogP contribution in [0.15, 0.2) is 18.3 Å². The molecule has 2 nitrogen and oxygen atoms in total. The standard InChI is InChI=1S/C9H8ClNO/c10-9-7-8(4-5-11-9)3-1-2-6-12/h4-5,7,12H,2,6H2. The van der Waals surface area contributed by atoms with Crippen LogP contribution in [0.4, 0.5) is 0 Å². The summed E-state index contributed by atoms with van der Waals surface area (Å²) in [6, 6.07) is 3.46. The van der Waals surface area contributed by atoms with Crippen LogP contribution in [0.5, 0.6) is 0 Å². The molecule has 0 bridgehead atoms. The molecule has 0 aliphatic carbocycles. The van der Waals surface area contributed by atoms with Crippen LogP contribution in [-0.4, -0.2) is 16.7 Å². The maximum atomic E-state index is 8.46. The lowest BCUT2D eigenvalue weighted by Crippen LogP contribution is -1.79. The van der Waals surface area contributed by atoms with Gasteiger partial charge in [0.2, 0.25) is 0 Å². The molecular weight excluding hydrogens is 174 g/mol. The molecular formula is C9H8ClNO. The molecule has 0 aromatic carbocycles. The van der Waals surface area contributed by atoms with Crippen LogP contribution in [0.2, 0.25) is 5.15 Å². The van der Waals surface area contributed by atoms with Gasteiger partial charge in [0, 0.05) is 18.2 Å². The molecule has 1 aromatic heterocycles. The zero-order valence-corrected chi connectivity index (χ0v) is 7.17. The molecule has 0 aliphatic heterocycles. The predicted octanol–water partition coefficient (Wildman–Crippen LogP) is 1.47. The fraction of sp³-hybridized carbons (Fsp3) is 0.222. The number of hydrogen-bond acceptors (Lipinski definition) is 2. The molecule has 12 heavy (non-hydrogen) atoms. The molecule has 0 saturated heterocycles. The first kappa shape index (κ1) is 9.05.